The Hall–Kier alpha value is -0.680. The van der Waals surface area contributed by atoms with Gasteiger partial charge in [0.05, 0.1) is 0 Å². The molecule has 0 amide bonds. The van der Waals surface area contributed by atoms with E-state index in [0.29, 0.717) is 6.08 Å². The first kappa shape index (κ1) is 13.4. The molecule has 1 rings (SSSR count). The van der Waals surface area contributed by atoms with E-state index in [4.69, 9.17) is 0 Å². The molecule has 94 valence electrons. The molecule has 0 saturated heterocycles. The third-order valence-electron chi connectivity index (χ3n) is 3.42. The van der Waals surface area contributed by atoms with Crippen molar-refractivity contribution in [2.45, 2.75) is 33.1 Å². The van der Waals surface area contributed by atoms with Crippen molar-refractivity contribution in [3.63, 3.8) is 0 Å². The quantitative estimate of drug-likeness (QED) is 0.477. The van der Waals surface area contributed by atoms with Gasteiger partial charge in [-0.3, -0.25) is 0 Å². The van der Waals surface area contributed by atoms with Gasteiger partial charge in [-0.1, -0.05) is 26.8 Å². The van der Waals surface area contributed by atoms with Gasteiger partial charge in [0.15, 0.2) is 0 Å². The second kappa shape index (κ2) is 3.40. The lowest BCUT2D eigenvalue weighted by molar-refractivity contribution is -0.172. The average molecular weight is 246 g/mol. The van der Waals surface area contributed by atoms with Crippen LogP contribution in [-0.2, 0) is 0 Å². The molecule has 0 aromatic carbocycles. The first-order valence-corrected chi connectivity index (χ1v) is 4.74. The van der Waals surface area contributed by atoms with E-state index in [1.807, 2.05) is 0 Å². The molecule has 1 saturated carbocycles. The molecule has 6 heteroatoms. The summed E-state index contributed by atoms with van der Waals surface area (Å²) in [7, 11) is 0. The van der Waals surface area contributed by atoms with Crippen LogP contribution in [0, 0.1) is 17.3 Å². The van der Waals surface area contributed by atoms with Gasteiger partial charge >= 0.3 is 12.4 Å². The van der Waals surface area contributed by atoms with Crippen molar-refractivity contribution in [3.05, 3.63) is 11.6 Å². The number of hydrogen-bond donors (Lipinski definition) is 0. The maximum Gasteiger partial charge on any atom is 0.421 e. The second-order valence-corrected chi connectivity index (χ2v) is 4.71. The SMILES string of the molecule is CC1C(C=C(C(F)(F)F)C(F)(F)F)C1(C)C. The zero-order valence-corrected chi connectivity index (χ0v) is 9.00. The van der Waals surface area contributed by atoms with Crippen LogP contribution >= 0.6 is 0 Å². The van der Waals surface area contributed by atoms with E-state index < -0.39 is 29.3 Å². The number of alkyl halides is 6. The highest BCUT2D eigenvalue weighted by Gasteiger charge is 2.57. The summed E-state index contributed by atoms with van der Waals surface area (Å²) >= 11 is 0. The van der Waals surface area contributed by atoms with E-state index in [9.17, 15) is 26.3 Å². The lowest BCUT2D eigenvalue weighted by Crippen LogP contribution is -2.26. The third-order valence-corrected chi connectivity index (χ3v) is 3.42. The van der Waals surface area contributed by atoms with Crippen LogP contribution in [0.2, 0.25) is 0 Å². The minimum Gasteiger partial charge on any atom is -0.166 e. The van der Waals surface area contributed by atoms with Gasteiger partial charge in [-0.05, 0) is 17.3 Å². The smallest absolute Gasteiger partial charge is 0.166 e. The van der Waals surface area contributed by atoms with Crippen molar-refractivity contribution in [1.82, 2.24) is 0 Å². The summed E-state index contributed by atoms with van der Waals surface area (Å²) in [5.74, 6) is -0.821. The minimum atomic E-state index is -5.34. The van der Waals surface area contributed by atoms with Crippen molar-refractivity contribution in [3.8, 4) is 0 Å². The van der Waals surface area contributed by atoms with Crippen molar-refractivity contribution >= 4 is 0 Å². The number of hydrogen-bond acceptors (Lipinski definition) is 0. The molecule has 0 spiro atoms. The molecule has 1 aliphatic rings. The fourth-order valence-corrected chi connectivity index (χ4v) is 1.83. The zero-order valence-electron chi connectivity index (χ0n) is 9.00. The summed E-state index contributed by atoms with van der Waals surface area (Å²) < 4.78 is 73.2. The molecule has 0 aliphatic heterocycles. The Morgan fingerprint density at radius 2 is 1.31 bits per heavy atom. The van der Waals surface area contributed by atoms with Gasteiger partial charge in [-0.15, -0.1) is 0 Å². The predicted octanol–water partition coefficient (Wildman–Crippen LogP) is 4.33. The zero-order chi connectivity index (χ0) is 12.9. The van der Waals surface area contributed by atoms with Crippen LogP contribution in [0.3, 0.4) is 0 Å². The van der Waals surface area contributed by atoms with E-state index in [-0.39, 0.29) is 5.92 Å². The normalized spacial score (nSPS) is 28.8. The van der Waals surface area contributed by atoms with Gasteiger partial charge in [0.1, 0.15) is 5.57 Å². The van der Waals surface area contributed by atoms with E-state index in [1.54, 1.807) is 20.8 Å². The first-order valence-electron chi connectivity index (χ1n) is 4.74. The van der Waals surface area contributed by atoms with Gasteiger partial charge in [-0.25, -0.2) is 0 Å². The van der Waals surface area contributed by atoms with Gasteiger partial charge in [0, 0.05) is 0 Å². The van der Waals surface area contributed by atoms with Crippen LogP contribution in [0.25, 0.3) is 0 Å². The Kier molecular flexibility index (Phi) is 2.85. The van der Waals surface area contributed by atoms with Crippen LogP contribution in [0.1, 0.15) is 20.8 Å². The van der Waals surface area contributed by atoms with E-state index in [1.165, 1.54) is 0 Å². The molecule has 1 fully saturated rings. The van der Waals surface area contributed by atoms with Crippen molar-refractivity contribution in [2.24, 2.45) is 17.3 Å². The maximum absolute atomic E-state index is 12.2. The highest BCUT2D eigenvalue weighted by Crippen LogP contribution is 2.60. The Labute approximate surface area is 89.3 Å². The van der Waals surface area contributed by atoms with Crippen molar-refractivity contribution < 1.29 is 26.3 Å². The van der Waals surface area contributed by atoms with E-state index in [2.05, 4.69) is 0 Å². The lowest BCUT2D eigenvalue weighted by Gasteiger charge is -2.15. The molecule has 1 aliphatic carbocycles. The maximum atomic E-state index is 12.2. The Balaban J connectivity index is 3.02. The Bertz CT molecular complexity index is 290. The molecule has 2 atom stereocenters. The number of halogens is 6. The number of allylic oxidation sites excluding steroid dienone is 2. The summed E-state index contributed by atoms with van der Waals surface area (Å²) in [4.78, 5) is 0. The van der Waals surface area contributed by atoms with Crippen molar-refractivity contribution in [1.29, 1.82) is 0 Å². The summed E-state index contributed by atoms with van der Waals surface area (Å²) in [6.45, 7) is 4.96. The molecule has 16 heavy (non-hydrogen) atoms. The van der Waals surface area contributed by atoms with Gasteiger partial charge < -0.3 is 0 Å². The summed E-state index contributed by atoms with van der Waals surface area (Å²) in [6.07, 6.45) is -10.3. The third kappa shape index (κ3) is 2.35. The molecule has 0 aromatic rings. The van der Waals surface area contributed by atoms with Crippen LogP contribution in [0.5, 0.6) is 0 Å². The fraction of sp³-hybridized carbons (Fsp3) is 0.800. The topological polar surface area (TPSA) is 0 Å². The molecule has 0 nitrogen and oxygen atoms in total. The largest absolute Gasteiger partial charge is 0.421 e. The molecule has 2 unspecified atom stereocenters. The van der Waals surface area contributed by atoms with Gasteiger partial charge in [-0.2, -0.15) is 26.3 Å². The summed E-state index contributed by atoms with van der Waals surface area (Å²) in [5.41, 5.74) is -2.87. The predicted molar refractivity (Wildman–Crippen MR) is 46.6 cm³/mol. The molecule has 0 radical (unpaired) electrons. The standard InChI is InChI=1S/C10H12F6/c1-5-6(8(5,2)3)4-7(9(11,12)13)10(14,15)16/h4-6H,1-3H3. The Morgan fingerprint density at radius 3 is 1.50 bits per heavy atom. The first-order chi connectivity index (χ1) is 6.88. The monoisotopic (exact) mass is 246 g/mol. The summed E-state index contributed by atoms with van der Waals surface area (Å²) in [5, 5.41) is 0. The fourth-order valence-electron chi connectivity index (χ4n) is 1.83. The molecular weight excluding hydrogens is 234 g/mol. The van der Waals surface area contributed by atoms with Crippen LogP contribution < -0.4 is 0 Å². The van der Waals surface area contributed by atoms with Crippen LogP contribution in [0.15, 0.2) is 11.6 Å². The van der Waals surface area contributed by atoms with E-state index in [0.717, 1.165) is 0 Å². The van der Waals surface area contributed by atoms with Gasteiger partial charge in [0.2, 0.25) is 0 Å². The molecule has 0 bridgehead atoms. The highest BCUT2D eigenvalue weighted by atomic mass is 19.4. The van der Waals surface area contributed by atoms with Gasteiger partial charge in [0.25, 0.3) is 0 Å². The molecule has 0 N–H and O–H groups in total. The van der Waals surface area contributed by atoms with Crippen LogP contribution in [0.4, 0.5) is 26.3 Å². The molecule has 0 heterocycles. The van der Waals surface area contributed by atoms with Crippen LogP contribution in [-0.4, -0.2) is 12.4 Å². The second-order valence-electron chi connectivity index (χ2n) is 4.71. The minimum absolute atomic E-state index is 0.160. The number of rotatable bonds is 1. The molecular formula is C10H12F6. The average Bonchev–Trinajstić information content (AvgIpc) is 2.43. The summed E-state index contributed by atoms with van der Waals surface area (Å²) in [6, 6.07) is 0. The van der Waals surface area contributed by atoms with Crippen molar-refractivity contribution in [2.75, 3.05) is 0 Å². The van der Waals surface area contributed by atoms with E-state index >= 15 is 0 Å². The Morgan fingerprint density at radius 1 is 1.00 bits per heavy atom. The molecule has 0 aromatic heterocycles. The lowest BCUT2D eigenvalue weighted by atomic mass is 10.1. The highest BCUT2D eigenvalue weighted by molar-refractivity contribution is 5.23.